The topological polar surface area (TPSA) is 18.1 Å². The summed E-state index contributed by atoms with van der Waals surface area (Å²) in [5, 5.41) is 3.73. The van der Waals surface area contributed by atoms with Crippen LogP contribution in [0.5, 0.6) is 0 Å². The number of benzene rings is 7. The Morgan fingerprint density at radius 2 is 0.848 bits per heavy atom. The molecule has 10 rings (SSSR count). The van der Waals surface area contributed by atoms with Crippen molar-refractivity contribution in [2.45, 2.75) is 0 Å². The maximum Gasteiger partial charge on any atom is 0.143 e. The van der Waals surface area contributed by atoms with Crippen LogP contribution < -0.4 is 0 Å². The first kappa shape index (κ1) is 25.2. The molecule has 9 aromatic rings. The third kappa shape index (κ3) is 3.59. The average molecular weight is 586 g/mol. The van der Waals surface area contributed by atoms with E-state index in [0.29, 0.717) is 0 Å². The first-order valence-electron chi connectivity index (χ1n) is 15.8. The van der Waals surface area contributed by atoms with E-state index in [1.165, 1.54) is 71.7 Å². The molecule has 0 unspecified atom stereocenters. The Balaban J connectivity index is 1.07. The number of hydrogen-bond donors (Lipinski definition) is 0. The van der Waals surface area contributed by atoms with Crippen molar-refractivity contribution in [2.75, 3.05) is 0 Å². The highest BCUT2D eigenvalue weighted by Crippen LogP contribution is 2.52. The molecule has 2 aromatic heterocycles. The van der Waals surface area contributed by atoms with Gasteiger partial charge in [-0.1, -0.05) is 133 Å². The predicted molar refractivity (Wildman–Crippen MR) is 191 cm³/mol. The Kier molecular flexibility index (Phi) is 5.31. The van der Waals surface area contributed by atoms with Gasteiger partial charge >= 0.3 is 0 Å². The molecule has 0 radical (unpaired) electrons. The van der Waals surface area contributed by atoms with Gasteiger partial charge in [0, 0.05) is 33.0 Å². The van der Waals surface area contributed by atoms with Crippen molar-refractivity contribution in [3.63, 3.8) is 0 Å². The molecule has 0 N–H and O–H groups in total. The Morgan fingerprint density at radius 3 is 1.50 bits per heavy atom. The summed E-state index contributed by atoms with van der Waals surface area (Å²) < 4.78 is 9.05. The zero-order valence-electron chi connectivity index (χ0n) is 24.9. The van der Waals surface area contributed by atoms with Gasteiger partial charge in [-0.3, -0.25) is 0 Å². The minimum Gasteiger partial charge on any atom is -0.455 e. The molecule has 2 heterocycles. The van der Waals surface area contributed by atoms with E-state index >= 15 is 0 Å². The lowest BCUT2D eigenvalue weighted by Crippen LogP contribution is -1.93. The number of aromatic nitrogens is 1. The Hall–Kier alpha value is -6.12. The van der Waals surface area contributed by atoms with Crippen LogP contribution in [0.3, 0.4) is 0 Å². The van der Waals surface area contributed by atoms with Gasteiger partial charge in [-0.15, -0.1) is 0 Å². The number of para-hydroxylation sites is 2. The van der Waals surface area contributed by atoms with Crippen molar-refractivity contribution in [1.82, 2.24) is 4.57 Å². The highest BCUT2D eigenvalue weighted by atomic mass is 16.3. The first-order valence-corrected chi connectivity index (χ1v) is 15.8. The zero-order chi connectivity index (χ0) is 30.2. The second kappa shape index (κ2) is 9.69. The van der Waals surface area contributed by atoms with Crippen LogP contribution in [0.4, 0.5) is 0 Å². The number of hydrogen-bond acceptors (Lipinski definition) is 1. The molecular formula is C44H27NO. The van der Waals surface area contributed by atoms with Gasteiger partial charge in [0.05, 0.1) is 11.0 Å². The van der Waals surface area contributed by atoms with E-state index in [1.807, 2.05) is 0 Å². The van der Waals surface area contributed by atoms with Gasteiger partial charge in [0.15, 0.2) is 0 Å². The van der Waals surface area contributed by atoms with Gasteiger partial charge in [0.25, 0.3) is 0 Å². The Morgan fingerprint density at radius 1 is 0.370 bits per heavy atom. The summed E-state index contributed by atoms with van der Waals surface area (Å²) in [6.45, 7) is 0. The van der Waals surface area contributed by atoms with E-state index in [-0.39, 0.29) is 0 Å². The summed E-state index contributed by atoms with van der Waals surface area (Å²) in [6.07, 6.45) is 0. The van der Waals surface area contributed by atoms with Crippen LogP contribution in [0.1, 0.15) is 0 Å². The van der Waals surface area contributed by atoms with Gasteiger partial charge in [-0.05, 0) is 69.3 Å². The zero-order valence-corrected chi connectivity index (χ0v) is 24.9. The fourth-order valence-corrected chi connectivity index (χ4v) is 7.54. The van der Waals surface area contributed by atoms with Crippen molar-refractivity contribution in [1.29, 1.82) is 0 Å². The van der Waals surface area contributed by atoms with Crippen LogP contribution in [0.25, 0.3) is 94.3 Å². The quantitative estimate of drug-likeness (QED) is 0.202. The van der Waals surface area contributed by atoms with Gasteiger partial charge in [0.2, 0.25) is 0 Å². The largest absolute Gasteiger partial charge is 0.455 e. The summed E-state index contributed by atoms with van der Waals surface area (Å²) in [4.78, 5) is 0. The fraction of sp³-hybridized carbons (Fsp3) is 0. The second-order valence-electron chi connectivity index (χ2n) is 12.1. The standard InChI is InChI=1S/C44H27NO/c1-2-11-33-32(10-1)34-12-3-4-15-38(34)43-42-37(33)16-9-19-41(42)46-44(43)30-22-20-28(21-23-30)29-24-26-31(27-25-29)45-39-17-7-5-13-35(39)36-14-6-8-18-40(36)45/h1-27H. The van der Waals surface area contributed by atoms with Crippen LogP contribution in [-0.4, -0.2) is 4.57 Å². The fourth-order valence-electron chi connectivity index (χ4n) is 7.54. The van der Waals surface area contributed by atoms with Gasteiger partial charge in [-0.2, -0.15) is 0 Å². The van der Waals surface area contributed by atoms with Crippen molar-refractivity contribution >= 4 is 32.8 Å². The maximum atomic E-state index is 6.69. The smallest absolute Gasteiger partial charge is 0.143 e. The van der Waals surface area contributed by atoms with Gasteiger partial charge < -0.3 is 8.98 Å². The van der Waals surface area contributed by atoms with E-state index in [4.69, 9.17) is 4.42 Å². The lowest BCUT2D eigenvalue weighted by Gasteiger charge is -2.11. The van der Waals surface area contributed by atoms with Crippen LogP contribution in [0.2, 0.25) is 0 Å². The summed E-state index contributed by atoms with van der Waals surface area (Å²) in [7, 11) is 0. The van der Waals surface area contributed by atoms with Crippen LogP contribution in [0.15, 0.2) is 168 Å². The van der Waals surface area contributed by atoms with Crippen LogP contribution in [0, 0.1) is 0 Å². The number of nitrogens with zero attached hydrogens (tertiary/aromatic N) is 1. The van der Waals surface area contributed by atoms with E-state index < -0.39 is 0 Å². The molecule has 0 saturated carbocycles. The normalized spacial score (nSPS) is 11.9. The highest BCUT2D eigenvalue weighted by molar-refractivity contribution is 6.16. The van der Waals surface area contributed by atoms with Crippen molar-refractivity contribution in [3.05, 3.63) is 164 Å². The lowest BCUT2D eigenvalue weighted by molar-refractivity contribution is 0.632. The molecule has 1 aliphatic rings. The molecule has 1 aliphatic carbocycles. The summed E-state index contributed by atoms with van der Waals surface area (Å²) in [5.74, 6) is 0.913. The molecular weight excluding hydrogens is 558 g/mol. The minimum absolute atomic E-state index is 0.913. The van der Waals surface area contributed by atoms with Gasteiger partial charge in [0.1, 0.15) is 11.3 Å². The molecule has 0 amide bonds. The second-order valence-corrected chi connectivity index (χ2v) is 12.1. The van der Waals surface area contributed by atoms with Crippen molar-refractivity contribution < 1.29 is 4.42 Å². The maximum absolute atomic E-state index is 6.69. The molecule has 214 valence electrons. The lowest BCUT2D eigenvalue weighted by atomic mass is 9.93. The number of rotatable bonds is 3. The predicted octanol–water partition coefficient (Wildman–Crippen LogP) is 12.2. The molecule has 0 spiro atoms. The van der Waals surface area contributed by atoms with Crippen molar-refractivity contribution in [2.24, 2.45) is 0 Å². The molecule has 0 aliphatic heterocycles. The van der Waals surface area contributed by atoms with E-state index in [0.717, 1.165) is 22.6 Å². The Bertz CT molecular complexity index is 2560. The molecule has 0 fully saturated rings. The highest BCUT2D eigenvalue weighted by Gasteiger charge is 2.27. The molecule has 0 saturated heterocycles. The van der Waals surface area contributed by atoms with Gasteiger partial charge in [-0.25, -0.2) is 0 Å². The summed E-state index contributed by atoms with van der Waals surface area (Å²) in [6, 6.07) is 58.9. The van der Waals surface area contributed by atoms with Crippen molar-refractivity contribution in [3.8, 4) is 61.5 Å². The summed E-state index contributed by atoms with van der Waals surface area (Å²) in [5.41, 5.74) is 15.3. The molecule has 0 bridgehead atoms. The SMILES string of the molecule is c1ccc2c(c1)-c1ccccc1-c1c(-c3ccc(-c4ccc(-n5c6ccccc6c6ccccc65)cc4)cc3)oc3cccc-2c13. The monoisotopic (exact) mass is 585 g/mol. The van der Waals surface area contributed by atoms with Crippen LogP contribution >= 0.6 is 0 Å². The van der Waals surface area contributed by atoms with Crippen LogP contribution in [-0.2, 0) is 0 Å². The molecule has 7 aromatic carbocycles. The third-order valence-electron chi connectivity index (χ3n) is 9.61. The number of fused-ring (bicyclic) bond motifs is 8. The van der Waals surface area contributed by atoms with E-state index in [1.54, 1.807) is 0 Å². The molecule has 2 heteroatoms. The molecule has 0 atom stereocenters. The molecule has 2 nitrogen and oxygen atoms in total. The minimum atomic E-state index is 0.913. The van der Waals surface area contributed by atoms with E-state index in [2.05, 4.69) is 168 Å². The third-order valence-corrected chi connectivity index (χ3v) is 9.61. The van der Waals surface area contributed by atoms with E-state index in [9.17, 15) is 0 Å². The first-order chi connectivity index (χ1) is 22.8. The molecule has 46 heavy (non-hydrogen) atoms. The average Bonchev–Trinajstić information content (AvgIpc) is 3.65. The summed E-state index contributed by atoms with van der Waals surface area (Å²) >= 11 is 0. The number of furan rings is 1. The Labute approximate surface area is 266 Å².